The van der Waals surface area contributed by atoms with Gasteiger partial charge in [0.05, 0.1) is 10.9 Å². The number of nitrogens with zero attached hydrogens (tertiary/aromatic N) is 2. The van der Waals surface area contributed by atoms with Gasteiger partial charge in [0, 0.05) is 0 Å². The zero-order chi connectivity index (χ0) is 17.5. The van der Waals surface area contributed by atoms with Crippen LogP contribution in [0.2, 0.25) is 0 Å². The van der Waals surface area contributed by atoms with Crippen molar-refractivity contribution in [2.24, 2.45) is 0 Å². The highest BCUT2D eigenvalue weighted by Crippen LogP contribution is 2.33. The number of fused-ring (bicyclic) bond motifs is 1. The van der Waals surface area contributed by atoms with Gasteiger partial charge in [0.2, 0.25) is 0 Å². The lowest BCUT2D eigenvalue weighted by atomic mass is 9.86. The molecule has 0 aliphatic carbocycles. The molecule has 5 nitrogen and oxygen atoms in total. The van der Waals surface area contributed by atoms with E-state index in [4.69, 9.17) is 10.8 Å². The third-order valence-electron chi connectivity index (χ3n) is 4.15. The van der Waals surface area contributed by atoms with Gasteiger partial charge >= 0.3 is 5.97 Å². The molecule has 3 aromatic rings. The lowest BCUT2D eigenvalue weighted by Crippen LogP contribution is -2.10. The number of hydrogen-bond donors (Lipinski definition) is 2. The lowest BCUT2D eigenvalue weighted by molar-refractivity contribution is -0.137. The van der Waals surface area contributed by atoms with E-state index in [0.717, 1.165) is 22.0 Å². The summed E-state index contributed by atoms with van der Waals surface area (Å²) in [5.74, 6) is -0.596. The lowest BCUT2D eigenvalue weighted by Gasteiger charge is -2.19. The van der Waals surface area contributed by atoms with Gasteiger partial charge in [-0.2, -0.15) is 5.10 Å². The van der Waals surface area contributed by atoms with Crippen LogP contribution in [0.15, 0.2) is 42.5 Å². The van der Waals surface area contributed by atoms with Crippen LogP contribution in [0.5, 0.6) is 0 Å². The molecule has 3 rings (SSSR count). The first-order valence-electron chi connectivity index (χ1n) is 7.85. The van der Waals surface area contributed by atoms with E-state index in [9.17, 15) is 4.79 Å². The normalized spacial score (nSPS) is 11.8. The predicted octanol–water partition coefficient (Wildman–Crippen LogP) is 3.67. The molecule has 0 fully saturated rings. The van der Waals surface area contributed by atoms with Crippen LogP contribution in [0.3, 0.4) is 0 Å². The third kappa shape index (κ3) is 2.85. The molecule has 5 heteroatoms. The van der Waals surface area contributed by atoms with E-state index in [1.807, 2.05) is 18.2 Å². The Hall–Kier alpha value is -2.82. The maximum absolute atomic E-state index is 11.0. The Morgan fingerprint density at radius 1 is 1.17 bits per heavy atom. The molecule has 0 amide bonds. The number of carboxylic acid groups (broad SMARTS) is 1. The first-order valence-corrected chi connectivity index (χ1v) is 7.85. The topological polar surface area (TPSA) is 81.1 Å². The zero-order valence-electron chi connectivity index (χ0n) is 14.1. The number of aliphatic carboxylic acids is 1. The Bertz CT molecular complexity index is 903. The van der Waals surface area contributed by atoms with Crippen molar-refractivity contribution in [1.82, 2.24) is 9.78 Å². The van der Waals surface area contributed by atoms with Gasteiger partial charge in [-0.05, 0) is 28.2 Å². The number of carbonyl (C=O) groups is 1. The average Bonchev–Trinajstić information content (AvgIpc) is 2.82. The van der Waals surface area contributed by atoms with Gasteiger partial charge in [0.25, 0.3) is 0 Å². The number of benzene rings is 2. The second-order valence-corrected chi connectivity index (χ2v) is 6.96. The molecule has 3 N–H and O–H groups in total. The van der Waals surface area contributed by atoms with Gasteiger partial charge in [-0.1, -0.05) is 57.2 Å². The zero-order valence-corrected chi connectivity index (χ0v) is 14.1. The van der Waals surface area contributed by atoms with Crippen molar-refractivity contribution in [3.8, 4) is 11.1 Å². The van der Waals surface area contributed by atoms with Crippen LogP contribution in [0.4, 0.5) is 5.82 Å². The SMILES string of the molecule is CC(C)(C)c1ccc(-c2cccc3c2c(N)nn3CC(=O)O)cc1. The molecule has 0 spiro atoms. The Morgan fingerprint density at radius 3 is 2.42 bits per heavy atom. The summed E-state index contributed by atoms with van der Waals surface area (Å²) in [4.78, 5) is 11.0. The smallest absolute Gasteiger partial charge is 0.325 e. The van der Waals surface area contributed by atoms with Crippen molar-refractivity contribution in [2.45, 2.75) is 32.7 Å². The van der Waals surface area contributed by atoms with Gasteiger partial charge in [-0.3, -0.25) is 9.48 Å². The fourth-order valence-corrected chi connectivity index (χ4v) is 2.90. The number of nitrogens with two attached hydrogens (primary N) is 1. The summed E-state index contributed by atoms with van der Waals surface area (Å²) in [5.41, 5.74) is 10.1. The fourth-order valence-electron chi connectivity index (χ4n) is 2.90. The van der Waals surface area contributed by atoms with E-state index in [1.54, 1.807) is 0 Å². The summed E-state index contributed by atoms with van der Waals surface area (Å²) in [6, 6.07) is 14.1. The summed E-state index contributed by atoms with van der Waals surface area (Å²) in [6.07, 6.45) is 0. The van der Waals surface area contributed by atoms with E-state index in [2.05, 4.69) is 50.1 Å². The monoisotopic (exact) mass is 323 g/mol. The molecule has 0 unspecified atom stereocenters. The maximum Gasteiger partial charge on any atom is 0.325 e. The number of hydrogen-bond acceptors (Lipinski definition) is 3. The van der Waals surface area contributed by atoms with E-state index in [1.165, 1.54) is 10.2 Å². The van der Waals surface area contributed by atoms with Gasteiger partial charge in [-0.15, -0.1) is 0 Å². The summed E-state index contributed by atoms with van der Waals surface area (Å²) in [5, 5.41) is 14.0. The van der Waals surface area contributed by atoms with Crippen molar-refractivity contribution >= 4 is 22.7 Å². The Balaban J connectivity index is 2.13. The molecule has 1 aromatic heterocycles. The summed E-state index contributed by atoms with van der Waals surface area (Å²) in [6.45, 7) is 6.32. The minimum absolute atomic E-state index is 0.0932. The van der Waals surface area contributed by atoms with Crippen molar-refractivity contribution in [3.63, 3.8) is 0 Å². The van der Waals surface area contributed by atoms with Gasteiger partial charge in [0.15, 0.2) is 5.82 Å². The van der Waals surface area contributed by atoms with Crippen LogP contribution in [0, 0.1) is 0 Å². The minimum Gasteiger partial charge on any atom is -0.480 e. The molecule has 24 heavy (non-hydrogen) atoms. The number of carboxylic acids is 1. The maximum atomic E-state index is 11.0. The van der Waals surface area contributed by atoms with Crippen molar-refractivity contribution in [2.75, 3.05) is 5.73 Å². The number of rotatable bonds is 3. The summed E-state index contributed by atoms with van der Waals surface area (Å²) in [7, 11) is 0. The average molecular weight is 323 g/mol. The standard InChI is InChI=1S/C19H21N3O2/c1-19(2,3)13-9-7-12(8-10-13)14-5-4-6-15-17(14)18(20)21-22(15)11-16(23)24/h4-10H,11H2,1-3H3,(H2,20,21)(H,23,24). The molecule has 2 aromatic carbocycles. The Kier molecular flexibility index (Phi) is 3.79. The summed E-state index contributed by atoms with van der Waals surface area (Å²) < 4.78 is 1.43. The molecule has 0 radical (unpaired) electrons. The second-order valence-electron chi connectivity index (χ2n) is 6.96. The minimum atomic E-state index is -0.945. The highest BCUT2D eigenvalue weighted by molar-refractivity contribution is 6.02. The second kappa shape index (κ2) is 5.67. The van der Waals surface area contributed by atoms with Crippen LogP contribution in [0.1, 0.15) is 26.3 Å². The van der Waals surface area contributed by atoms with Gasteiger partial charge in [0.1, 0.15) is 6.54 Å². The van der Waals surface area contributed by atoms with Crippen LogP contribution >= 0.6 is 0 Å². The van der Waals surface area contributed by atoms with E-state index < -0.39 is 5.97 Å². The first kappa shape index (κ1) is 16.1. The number of aromatic nitrogens is 2. The molecule has 1 heterocycles. The Labute approximate surface area is 140 Å². The molecular formula is C19H21N3O2. The molecular weight excluding hydrogens is 302 g/mol. The van der Waals surface area contributed by atoms with E-state index >= 15 is 0 Å². The summed E-state index contributed by atoms with van der Waals surface area (Å²) >= 11 is 0. The largest absolute Gasteiger partial charge is 0.480 e. The van der Waals surface area contributed by atoms with Gasteiger partial charge in [-0.25, -0.2) is 0 Å². The van der Waals surface area contributed by atoms with Crippen molar-refractivity contribution in [1.29, 1.82) is 0 Å². The van der Waals surface area contributed by atoms with Crippen LogP contribution in [-0.4, -0.2) is 20.9 Å². The first-order chi connectivity index (χ1) is 11.3. The van der Waals surface area contributed by atoms with E-state index in [-0.39, 0.29) is 12.0 Å². The van der Waals surface area contributed by atoms with E-state index in [0.29, 0.717) is 5.82 Å². The quantitative estimate of drug-likeness (QED) is 0.770. The molecule has 124 valence electrons. The number of anilines is 1. The molecule has 0 saturated heterocycles. The third-order valence-corrected chi connectivity index (χ3v) is 4.15. The van der Waals surface area contributed by atoms with Crippen molar-refractivity contribution < 1.29 is 9.90 Å². The molecule has 0 aliphatic heterocycles. The molecule has 0 bridgehead atoms. The van der Waals surface area contributed by atoms with Gasteiger partial charge < -0.3 is 10.8 Å². The highest BCUT2D eigenvalue weighted by Gasteiger charge is 2.16. The molecule has 0 atom stereocenters. The van der Waals surface area contributed by atoms with Crippen LogP contribution in [-0.2, 0) is 16.8 Å². The fraction of sp³-hybridized carbons (Fsp3) is 0.263. The number of nitrogen functional groups attached to an aromatic ring is 1. The van der Waals surface area contributed by atoms with Crippen molar-refractivity contribution in [3.05, 3.63) is 48.0 Å². The predicted molar refractivity (Wildman–Crippen MR) is 95.9 cm³/mol. The Morgan fingerprint density at radius 2 is 1.83 bits per heavy atom. The molecule has 0 aliphatic rings. The highest BCUT2D eigenvalue weighted by atomic mass is 16.4. The molecule has 0 saturated carbocycles. The van der Waals surface area contributed by atoms with Crippen LogP contribution < -0.4 is 5.73 Å². The van der Waals surface area contributed by atoms with Crippen LogP contribution in [0.25, 0.3) is 22.0 Å².